The van der Waals surface area contributed by atoms with E-state index >= 15 is 0 Å². The summed E-state index contributed by atoms with van der Waals surface area (Å²) in [5.41, 5.74) is 2.01. The zero-order chi connectivity index (χ0) is 11.2. The first kappa shape index (κ1) is 10.9. The number of H-pyrrole nitrogens is 1. The fourth-order valence-electron chi connectivity index (χ4n) is 1.95. The monoisotopic (exact) mass is 219 g/mol. The predicted octanol–water partition coefficient (Wildman–Crippen LogP) is 2.03. The quantitative estimate of drug-likeness (QED) is 0.761. The van der Waals surface area contributed by atoms with Gasteiger partial charge in [-0.25, -0.2) is 0 Å². The fourth-order valence-corrected chi connectivity index (χ4v) is 1.95. The molecule has 1 amide bonds. The van der Waals surface area contributed by atoms with E-state index in [-0.39, 0.29) is 5.91 Å². The number of carbonyl (C=O) groups excluding carboxylic acids is 1. The first-order valence-corrected chi connectivity index (χ1v) is 5.82. The van der Waals surface area contributed by atoms with Gasteiger partial charge >= 0.3 is 0 Å². The van der Waals surface area contributed by atoms with Crippen molar-refractivity contribution in [3.63, 3.8) is 0 Å². The minimum Gasteiger partial charge on any atom is -0.350 e. The molecule has 0 fully saturated rings. The van der Waals surface area contributed by atoms with E-state index < -0.39 is 0 Å². The lowest BCUT2D eigenvalue weighted by atomic mass is 9.97. The van der Waals surface area contributed by atoms with E-state index in [0.717, 1.165) is 6.42 Å². The highest BCUT2D eigenvalue weighted by atomic mass is 16.1. The number of allylic oxidation sites excluding steroid dienone is 1. The van der Waals surface area contributed by atoms with Gasteiger partial charge in [-0.05, 0) is 38.2 Å². The number of nitrogens with zero attached hydrogens (tertiary/aromatic N) is 1. The topological polar surface area (TPSA) is 57.8 Å². The summed E-state index contributed by atoms with van der Waals surface area (Å²) in [7, 11) is 0. The lowest BCUT2D eigenvalue weighted by molar-refractivity contribution is 0.0949. The number of nitrogens with one attached hydrogen (secondary N) is 2. The number of rotatable bonds is 4. The SMILES string of the molecule is O=C(NCCC1=CCCCC1)c1ccn[nH]1. The van der Waals surface area contributed by atoms with Gasteiger partial charge in [-0.3, -0.25) is 9.89 Å². The molecule has 0 aromatic carbocycles. The summed E-state index contributed by atoms with van der Waals surface area (Å²) in [6, 6.07) is 1.68. The van der Waals surface area contributed by atoms with E-state index in [2.05, 4.69) is 21.6 Å². The zero-order valence-electron chi connectivity index (χ0n) is 9.33. The molecule has 2 rings (SSSR count). The van der Waals surface area contributed by atoms with Crippen LogP contribution in [0.1, 0.15) is 42.6 Å². The van der Waals surface area contributed by atoms with E-state index in [1.165, 1.54) is 31.3 Å². The molecule has 0 atom stereocenters. The van der Waals surface area contributed by atoms with Gasteiger partial charge < -0.3 is 5.32 Å². The van der Waals surface area contributed by atoms with E-state index in [4.69, 9.17) is 0 Å². The molecule has 1 aliphatic carbocycles. The van der Waals surface area contributed by atoms with Crippen molar-refractivity contribution in [3.8, 4) is 0 Å². The van der Waals surface area contributed by atoms with Gasteiger partial charge in [0, 0.05) is 12.7 Å². The number of carbonyl (C=O) groups is 1. The number of hydrogen-bond donors (Lipinski definition) is 2. The highest BCUT2D eigenvalue weighted by Crippen LogP contribution is 2.19. The minimum absolute atomic E-state index is 0.0751. The molecule has 2 N–H and O–H groups in total. The molecule has 16 heavy (non-hydrogen) atoms. The van der Waals surface area contributed by atoms with Crippen LogP contribution in [0.15, 0.2) is 23.9 Å². The highest BCUT2D eigenvalue weighted by molar-refractivity contribution is 5.92. The van der Waals surface area contributed by atoms with Crippen molar-refractivity contribution >= 4 is 5.91 Å². The number of aromatic amines is 1. The van der Waals surface area contributed by atoms with Crippen molar-refractivity contribution in [1.82, 2.24) is 15.5 Å². The third-order valence-electron chi connectivity index (χ3n) is 2.86. The Kier molecular flexibility index (Phi) is 3.75. The van der Waals surface area contributed by atoms with E-state index in [1.807, 2.05) is 0 Å². The van der Waals surface area contributed by atoms with Crippen LogP contribution in [0.5, 0.6) is 0 Å². The molecule has 1 aliphatic rings. The van der Waals surface area contributed by atoms with E-state index in [9.17, 15) is 4.79 Å². The Morgan fingerprint density at radius 2 is 2.44 bits per heavy atom. The van der Waals surface area contributed by atoms with Crippen LogP contribution in [0.4, 0.5) is 0 Å². The second-order valence-corrected chi connectivity index (χ2v) is 4.08. The number of hydrogen-bond acceptors (Lipinski definition) is 2. The van der Waals surface area contributed by atoms with Gasteiger partial charge in [0.1, 0.15) is 5.69 Å². The fraction of sp³-hybridized carbons (Fsp3) is 0.500. The van der Waals surface area contributed by atoms with E-state index in [0.29, 0.717) is 12.2 Å². The number of amides is 1. The normalized spacial score (nSPS) is 15.6. The van der Waals surface area contributed by atoms with Gasteiger partial charge in [-0.2, -0.15) is 5.10 Å². The van der Waals surface area contributed by atoms with Crippen LogP contribution in [0.25, 0.3) is 0 Å². The molecular formula is C12H17N3O. The Labute approximate surface area is 95.1 Å². The van der Waals surface area contributed by atoms with Crippen molar-refractivity contribution in [2.45, 2.75) is 32.1 Å². The molecule has 1 aromatic heterocycles. The molecule has 0 spiro atoms. The summed E-state index contributed by atoms with van der Waals surface area (Å²) in [6.07, 6.45) is 9.86. The summed E-state index contributed by atoms with van der Waals surface area (Å²) in [4.78, 5) is 11.5. The second-order valence-electron chi connectivity index (χ2n) is 4.08. The first-order valence-electron chi connectivity index (χ1n) is 5.82. The van der Waals surface area contributed by atoms with Crippen LogP contribution >= 0.6 is 0 Å². The lowest BCUT2D eigenvalue weighted by Gasteiger charge is -2.12. The predicted molar refractivity (Wildman–Crippen MR) is 62.1 cm³/mol. The van der Waals surface area contributed by atoms with Gasteiger partial charge in [-0.15, -0.1) is 0 Å². The van der Waals surface area contributed by atoms with Crippen molar-refractivity contribution in [2.75, 3.05) is 6.54 Å². The Bertz CT molecular complexity index is 368. The Morgan fingerprint density at radius 1 is 1.50 bits per heavy atom. The molecule has 1 heterocycles. The Hall–Kier alpha value is -1.58. The third-order valence-corrected chi connectivity index (χ3v) is 2.86. The van der Waals surface area contributed by atoms with Crippen LogP contribution in [-0.4, -0.2) is 22.6 Å². The molecule has 0 aliphatic heterocycles. The minimum atomic E-state index is -0.0751. The summed E-state index contributed by atoms with van der Waals surface area (Å²) in [6.45, 7) is 0.712. The highest BCUT2D eigenvalue weighted by Gasteiger charge is 2.07. The van der Waals surface area contributed by atoms with Crippen molar-refractivity contribution < 1.29 is 4.79 Å². The molecule has 0 saturated heterocycles. The maximum Gasteiger partial charge on any atom is 0.269 e. The van der Waals surface area contributed by atoms with Gasteiger partial charge in [0.2, 0.25) is 0 Å². The molecule has 0 bridgehead atoms. The molecular weight excluding hydrogens is 202 g/mol. The van der Waals surface area contributed by atoms with Crippen molar-refractivity contribution in [2.24, 2.45) is 0 Å². The Balaban J connectivity index is 1.72. The van der Waals surface area contributed by atoms with Crippen LogP contribution in [0.3, 0.4) is 0 Å². The lowest BCUT2D eigenvalue weighted by Crippen LogP contribution is -2.25. The van der Waals surface area contributed by atoms with Gasteiger partial charge in [-0.1, -0.05) is 11.6 Å². The first-order chi connectivity index (χ1) is 7.86. The van der Waals surface area contributed by atoms with E-state index in [1.54, 1.807) is 12.3 Å². The van der Waals surface area contributed by atoms with Crippen LogP contribution in [0.2, 0.25) is 0 Å². The largest absolute Gasteiger partial charge is 0.350 e. The third kappa shape index (κ3) is 2.95. The molecule has 0 unspecified atom stereocenters. The van der Waals surface area contributed by atoms with Crippen molar-refractivity contribution in [1.29, 1.82) is 0 Å². The Morgan fingerprint density at radius 3 is 3.12 bits per heavy atom. The zero-order valence-corrected chi connectivity index (χ0v) is 9.33. The molecule has 4 nitrogen and oxygen atoms in total. The van der Waals surface area contributed by atoms with Crippen molar-refractivity contribution in [3.05, 3.63) is 29.6 Å². The second kappa shape index (κ2) is 5.49. The van der Waals surface area contributed by atoms with Gasteiger partial charge in [0.05, 0.1) is 0 Å². The van der Waals surface area contributed by atoms with Gasteiger partial charge in [0.25, 0.3) is 5.91 Å². The summed E-state index contributed by atoms with van der Waals surface area (Å²) in [5.74, 6) is -0.0751. The summed E-state index contributed by atoms with van der Waals surface area (Å²) >= 11 is 0. The molecule has 86 valence electrons. The molecule has 0 saturated carbocycles. The van der Waals surface area contributed by atoms with Crippen LogP contribution < -0.4 is 5.32 Å². The maximum atomic E-state index is 11.5. The standard InChI is InChI=1S/C12H17N3O/c16-12(11-7-9-14-15-11)13-8-6-10-4-2-1-3-5-10/h4,7,9H,1-3,5-6,8H2,(H,13,16)(H,14,15). The molecule has 1 aromatic rings. The molecule has 4 heteroatoms. The average molecular weight is 219 g/mol. The smallest absolute Gasteiger partial charge is 0.269 e. The number of aromatic nitrogens is 2. The van der Waals surface area contributed by atoms with Crippen LogP contribution in [-0.2, 0) is 0 Å². The maximum absolute atomic E-state index is 11.5. The average Bonchev–Trinajstić information content (AvgIpc) is 2.84. The summed E-state index contributed by atoms with van der Waals surface area (Å²) in [5, 5.41) is 9.27. The van der Waals surface area contributed by atoms with Gasteiger partial charge in [0.15, 0.2) is 0 Å². The molecule has 0 radical (unpaired) electrons. The summed E-state index contributed by atoms with van der Waals surface area (Å²) < 4.78 is 0. The van der Waals surface area contributed by atoms with Crippen LogP contribution in [0, 0.1) is 0 Å².